The molecule has 2 aromatic rings. The van der Waals surface area contributed by atoms with Gasteiger partial charge in [-0.2, -0.15) is 5.26 Å². The van der Waals surface area contributed by atoms with Crippen LogP contribution in [-0.4, -0.2) is 48.9 Å². The summed E-state index contributed by atoms with van der Waals surface area (Å²) in [5.41, 5.74) is 9.55. The fraction of sp³-hybridized carbons (Fsp3) is 0.515. The van der Waals surface area contributed by atoms with Gasteiger partial charge in [-0.15, -0.1) is 0 Å². The predicted octanol–water partition coefficient (Wildman–Crippen LogP) is 6.24. The lowest BCUT2D eigenvalue weighted by Gasteiger charge is -2.33. The first-order chi connectivity index (χ1) is 18.4. The number of benzene rings is 2. The van der Waals surface area contributed by atoms with Gasteiger partial charge in [0.2, 0.25) is 0 Å². The minimum absolute atomic E-state index is 0.175. The normalized spacial score (nSPS) is 19.6. The van der Waals surface area contributed by atoms with E-state index in [1.807, 2.05) is 12.1 Å². The highest BCUT2D eigenvalue weighted by Gasteiger charge is 2.28. The largest absolute Gasteiger partial charge is 0.384 e. The summed E-state index contributed by atoms with van der Waals surface area (Å²) in [7, 11) is 2.20. The van der Waals surface area contributed by atoms with Crippen molar-refractivity contribution in [3.8, 4) is 6.07 Å². The van der Waals surface area contributed by atoms with Crippen LogP contribution in [0, 0.1) is 18.3 Å². The van der Waals surface area contributed by atoms with E-state index in [1.165, 1.54) is 47.2 Å². The second kappa shape index (κ2) is 11.7. The van der Waals surface area contributed by atoms with Gasteiger partial charge in [0.25, 0.3) is 5.91 Å². The van der Waals surface area contributed by atoms with Gasteiger partial charge in [0.15, 0.2) is 0 Å². The van der Waals surface area contributed by atoms with E-state index in [-0.39, 0.29) is 5.91 Å². The number of nitrogens with one attached hydrogen (secondary N) is 1. The first kappa shape index (κ1) is 26.5. The summed E-state index contributed by atoms with van der Waals surface area (Å²) < 4.78 is 0. The zero-order valence-electron chi connectivity index (χ0n) is 23.4. The third kappa shape index (κ3) is 5.81. The van der Waals surface area contributed by atoms with Gasteiger partial charge < -0.3 is 15.1 Å². The Labute approximate surface area is 228 Å². The van der Waals surface area contributed by atoms with Crippen molar-refractivity contribution in [3.63, 3.8) is 0 Å². The Morgan fingerprint density at radius 1 is 0.974 bits per heavy atom. The average Bonchev–Trinajstić information content (AvgIpc) is 3.07. The zero-order valence-corrected chi connectivity index (χ0v) is 23.4. The Balaban J connectivity index is 1.30. The molecule has 5 nitrogen and oxygen atoms in total. The van der Waals surface area contributed by atoms with Crippen LogP contribution < -0.4 is 5.32 Å². The summed E-state index contributed by atoms with van der Waals surface area (Å²) >= 11 is 0. The molecule has 1 N–H and O–H groups in total. The van der Waals surface area contributed by atoms with Crippen LogP contribution in [0.1, 0.15) is 102 Å². The smallest absolute Gasteiger partial charge is 0.254 e. The molecule has 1 amide bonds. The molecule has 1 aliphatic carbocycles. The Morgan fingerprint density at radius 3 is 2.34 bits per heavy atom. The average molecular weight is 511 g/mol. The lowest BCUT2D eigenvalue weighted by molar-refractivity contribution is 0.0712. The molecule has 1 saturated carbocycles. The maximum atomic E-state index is 13.8. The molecule has 5 rings (SSSR count). The van der Waals surface area contributed by atoms with Crippen LogP contribution in [0.25, 0.3) is 0 Å². The number of rotatable bonds is 6. The molecule has 2 aliphatic heterocycles. The van der Waals surface area contributed by atoms with Crippen LogP contribution in [0.5, 0.6) is 0 Å². The molecule has 0 atom stereocenters. The van der Waals surface area contributed by atoms with E-state index in [4.69, 9.17) is 5.26 Å². The van der Waals surface area contributed by atoms with Gasteiger partial charge in [0.05, 0.1) is 11.6 Å². The van der Waals surface area contributed by atoms with E-state index in [1.54, 1.807) is 0 Å². The minimum Gasteiger partial charge on any atom is -0.384 e. The minimum atomic E-state index is 0.175. The topological polar surface area (TPSA) is 59.4 Å². The fourth-order valence-electron chi connectivity index (χ4n) is 6.25. The summed E-state index contributed by atoms with van der Waals surface area (Å²) in [6.07, 6.45) is 7.93. The second-order valence-electron chi connectivity index (χ2n) is 11.7. The number of piperidine rings is 1. The highest BCUT2D eigenvalue weighted by Crippen LogP contribution is 2.39. The van der Waals surface area contributed by atoms with E-state index >= 15 is 0 Å². The van der Waals surface area contributed by atoms with Crippen molar-refractivity contribution in [1.82, 2.24) is 15.1 Å². The summed E-state index contributed by atoms with van der Waals surface area (Å²) in [5, 5.41) is 12.9. The molecule has 0 bridgehead atoms. The first-order valence-electron chi connectivity index (χ1n) is 14.5. The third-order valence-corrected chi connectivity index (χ3v) is 9.17. The van der Waals surface area contributed by atoms with Crippen molar-refractivity contribution in [2.24, 2.45) is 0 Å². The monoisotopic (exact) mass is 510 g/mol. The van der Waals surface area contributed by atoms with Gasteiger partial charge in [-0.25, -0.2) is 0 Å². The molecule has 2 heterocycles. The van der Waals surface area contributed by atoms with Gasteiger partial charge in [0, 0.05) is 44.0 Å². The molecular formula is C33H42N4O. The Kier molecular flexibility index (Phi) is 8.19. The maximum Gasteiger partial charge on any atom is 0.254 e. The van der Waals surface area contributed by atoms with E-state index in [2.05, 4.69) is 66.3 Å². The summed E-state index contributed by atoms with van der Waals surface area (Å²) in [6, 6.07) is 14.7. The van der Waals surface area contributed by atoms with Crippen molar-refractivity contribution in [2.75, 3.05) is 33.2 Å². The number of nitriles is 1. The Morgan fingerprint density at radius 2 is 1.68 bits per heavy atom. The second-order valence-corrected chi connectivity index (χ2v) is 11.7. The number of carbonyl (C=O) groups excluding carboxylic acids is 1. The van der Waals surface area contributed by atoms with Crippen LogP contribution in [0.3, 0.4) is 0 Å². The van der Waals surface area contributed by atoms with Gasteiger partial charge in [-0.1, -0.05) is 30.2 Å². The van der Waals surface area contributed by atoms with Crippen LogP contribution in [0.2, 0.25) is 0 Å². The molecule has 0 unspecified atom stereocenters. The number of likely N-dealkylation sites (tertiary alicyclic amines) is 1. The molecule has 38 heavy (non-hydrogen) atoms. The van der Waals surface area contributed by atoms with E-state index in [0.29, 0.717) is 17.4 Å². The molecule has 3 aliphatic rings. The molecule has 200 valence electrons. The zero-order chi connectivity index (χ0) is 26.6. The molecular weight excluding hydrogens is 468 g/mol. The van der Waals surface area contributed by atoms with Crippen LogP contribution in [-0.2, 0) is 6.54 Å². The van der Waals surface area contributed by atoms with Crippen molar-refractivity contribution >= 4 is 5.91 Å². The molecule has 5 heteroatoms. The van der Waals surface area contributed by atoms with Crippen molar-refractivity contribution in [3.05, 3.63) is 81.0 Å². The molecule has 2 fully saturated rings. The quantitative estimate of drug-likeness (QED) is 0.500. The molecule has 0 radical (unpaired) electrons. The standard InChI is InChI=1S/C33H42N4O/c1-23-11-15-36(3)16-14-32(23)35-22-29-20-30(24(2)19-31(29)28-5-4-6-28)33(38)37-17-12-27(13-18-37)26-9-7-25(21-34)8-10-26/h7-10,19-20,27-28,35H,4-6,11-18,22H2,1-3H3. The molecule has 1 saturated heterocycles. The Bertz CT molecular complexity index is 1230. The van der Waals surface area contributed by atoms with E-state index in [0.717, 1.165) is 69.5 Å². The SMILES string of the molecule is CC1=C(NCc2cc(C(=O)N3CCC(c4ccc(C#N)cc4)CC3)c(C)cc2C2CCC2)CCN(C)CC1. The first-order valence-corrected chi connectivity index (χ1v) is 14.5. The third-order valence-electron chi connectivity index (χ3n) is 9.17. The lowest BCUT2D eigenvalue weighted by atomic mass is 9.77. The van der Waals surface area contributed by atoms with Crippen molar-refractivity contribution in [2.45, 2.75) is 77.2 Å². The highest BCUT2D eigenvalue weighted by atomic mass is 16.2. The van der Waals surface area contributed by atoms with Crippen molar-refractivity contribution < 1.29 is 4.79 Å². The number of amides is 1. The van der Waals surface area contributed by atoms with Gasteiger partial charge in [-0.3, -0.25) is 4.79 Å². The summed E-state index contributed by atoms with van der Waals surface area (Å²) in [4.78, 5) is 18.2. The molecule has 0 spiro atoms. The Hall–Kier alpha value is -3.10. The predicted molar refractivity (Wildman–Crippen MR) is 153 cm³/mol. The van der Waals surface area contributed by atoms with Gasteiger partial charge in [0.1, 0.15) is 0 Å². The summed E-state index contributed by atoms with van der Waals surface area (Å²) in [6.45, 7) is 8.94. The molecule has 0 aromatic heterocycles. The number of aryl methyl sites for hydroxylation is 1. The van der Waals surface area contributed by atoms with Crippen LogP contribution in [0.15, 0.2) is 47.7 Å². The van der Waals surface area contributed by atoms with Crippen molar-refractivity contribution in [1.29, 1.82) is 5.26 Å². The maximum absolute atomic E-state index is 13.8. The number of nitrogens with zero attached hydrogens (tertiary/aromatic N) is 3. The number of hydrogen-bond acceptors (Lipinski definition) is 4. The van der Waals surface area contributed by atoms with E-state index < -0.39 is 0 Å². The summed E-state index contributed by atoms with van der Waals surface area (Å²) in [5.74, 6) is 1.26. The van der Waals surface area contributed by atoms with Crippen LogP contribution >= 0.6 is 0 Å². The number of carbonyl (C=O) groups is 1. The van der Waals surface area contributed by atoms with Gasteiger partial charge in [-0.05, 0) is 112 Å². The fourth-order valence-corrected chi connectivity index (χ4v) is 6.25. The van der Waals surface area contributed by atoms with Crippen LogP contribution in [0.4, 0.5) is 0 Å². The van der Waals surface area contributed by atoms with Gasteiger partial charge >= 0.3 is 0 Å². The van der Waals surface area contributed by atoms with E-state index in [9.17, 15) is 4.79 Å². The lowest BCUT2D eigenvalue weighted by Crippen LogP contribution is -2.38. The number of hydrogen-bond donors (Lipinski definition) is 1. The highest BCUT2D eigenvalue weighted by molar-refractivity contribution is 5.96. The molecule has 2 aromatic carbocycles.